The zero-order valence-electron chi connectivity index (χ0n) is 17.1. The Labute approximate surface area is 175 Å². The lowest BCUT2D eigenvalue weighted by molar-refractivity contribution is -0.142. The Kier molecular flexibility index (Phi) is 5.08. The van der Waals surface area contributed by atoms with Crippen LogP contribution in [0.2, 0.25) is 0 Å². The maximum Gasteiger partial charge on any atom is 0.408 e. The van der Waals surface area contributed by atoms with Crippen molar-refractivity contribution >= 4 is 10.9 Å². The third-order valence-corrected chi connectivity index (χ3v) is 4.57. The summed E-state index contributed by atoms with van der Waals surface area (Å²) in [5.74, 6) is 0.498. The monoisotopic (exact) mass is 431 g/mol. The molecule has 0 amide bonds. The van der Waals surface area contributed by atoms with Crippen LogP contribution in [-0.4, -0.2) is 41.7 Å². The van der Waals surface area contributed by atoms with Crippen molar-refractivity contribution in [1.29, 1.82) is 0 Å². The van der Waals surface area contributed by atoms with Crippen LogP contribution < -0.4 is 4.74 Å². The average Bonchev–Trinajstić information content (AvgIpc) is 3.24. The maximum absolute atomic E-state index is 12.6. The van der Waals surface area contributed by atoms with Crippen LogP contribution in [0.3, 0.4) is 0 Å². The molecule has 0 aliphatic rings. The summed E-state index contributed by atoms with van der Waals surface area (Å²) in [5.41, 5.74) is 2.93. The van der Waals surface area contributed by atoms with Gasteiger partial charge in [0.15, 0.2) is 0 Å². The number of aryl methyl sites for hydroxylation is 1. The van der Waals surface area contributed by atoms with Crippen molar-refractivity contribution in [3.05, 3.63) is 48.7 Å². The zero-order chi connectivity index (χ0) is 22.3. The summed E-state index contributed by atoms with van der Waals surface area (Å²) >= 11 is 0. The van der Waals surface area contributed by atoms with Gasteiger partial charge in [-0.3, -0.25) is 14.2 Å². The lowest BCUT2D eigenvalue weighted by Gasteiger charge is -2.10. The molecule has 0 spiro atoms. The maximum atomic E-state index is 12.6. The van der Waals surface area contributed by atoms with E-state index in [1.54, 1.807) is 18.6 Å². The third-order valence-electron chi connectivity index (χ3n) is 4.57. The highest BCUT2D eigenvalue weighted by molar-refractivity contribution is 5.90. The molecule has 0 saturated heterocycles. The normalized spacial score (nSPS) is 12.1. The molecule has 10 heteroatoms. The molecule has 4 aromatic heterocycles. The van der Waals surface area contributed by atoms with E-state index in [2.05, 4.69) is 15.1 Å². The number of nitrogens with zero attached hydrogens (tertiary/aromatic N) is 5. The Balaban J connectivity index is 1.74. The fraction of sp³-hybridized carbons (Fsp3) is 0.286. The van der Waals surface area contributed by atoms with Gasteiger partial charge < -0.3 is 9.84 Å². The molecule has 0 saturated carbocycles. The summed E-state index contributed by atoms with van der Waals surface area (Å²) in [6, 6.07) is 3.65. The van der Waals surface area contributed by atoms with Gasteiger partial charge in [-0.25, -0.2) is 4.98 Å². The van der Waals surface area contributed by atoms with E-state index in [1.807, 2.05) is 32.9 Å². The third kappa shape index (κ3) is 4.32. The van der Waals surface area contributed by atoms with Gasteiger partial charge in [0.2, 0.25) is 5.88 Å². The standard InChI is InChI=1S/C21H20F3N5O2/c1-12(2)31-16-5-14(6-25-8-16)17-4-13(3)19-18(27-17)10-29(20(19)30)15-7-26-28(9-15)11-21(22,23)24/h4-10,12,30H,11H2,1-3H3. The number of ether oxygens (including phenoxy) is 1. The Hall–Kier alpha value is -3.56. The van der Waals surface area contributed by atoms with Gasteiger partial charge in [0.1, 0.15) is 12.3 Å². The SMILES string of the molecule is Cc1cc(-c2cncc(OC(C)C)c2)nc2cn(-c3cnn(CC(F)(F)F)c3)c(O)c12. The van der Waals surface area contributed by atoms with Crippen LogP contribution in [0, 0.1) is 6.92 Å². The van der Waals surface area contributed by atoms with Gasteiger partial charge in [0, 0.05) is 24.2 Å². The molecule has 31 heavy (non-hydrogen) atoms. The van der Waals surface area contributed by atoms with E-state index >= 15 is 0 Å². The first-order valence-corrected chi connectivity index (χ1v) is 9.54. The number of halogens is 3. The van der Waals surface area contributed by atoms with E-state index in [0.29, 0.717) is 28.0 Å². The number of alkyl halides is 3. The summed E-state index contributed by atoms with van der Waals surface area (Å²) in [6.07, 6.45) is 2.95. The van der Waals surface area contributed by atoms with Crippen LogP contribution in [0.25, 0.3) is 27.8 Å². The lowest BCUT2D eigenvalue weighted by atomic mass is 10.1. The second kappa shape index (κ2) is 7.60. The van der Waals surface area contributed by atoms with Gasteiger partial charge in [0.05, 0.1) is 40.8 Å². The van der Waals surface area contributed by atoms with Crippen molar-refractivity contribution in [2.24, 2.45) is 0 Å². The van der Waals surface area contributed by atoms with Gasteiger partial charge in [-0.05, 0) is 38.5 Å². The van der Waals surface area contributed by atoms with Crippen LogP contribution >= 0.6 is 0 Å². The number of hydrogen-bond donors (Lipinski definition) is 1. The van der Waals surface area contributed by atoms with Gasteiger partial charge in [-0.1, -0.05) is 0 Å². The largest absolute Gasteiger partial charge is 0.494 e. The molecule has 4 rings (SSSR count). The minimum absolute atomic E-state index is 0.00142. The topological polar surface area (TPSA) is 78.0 Å². The molecule has 0 radical (unpaired) electrons. The first-order chi connectivity index (χ1) is 14.6. The van der Waals surface area contributed by atoms with Crippen LogP contribution in [0.1, 0.15) is 19.4 Å². The van der Waals surface area contributed by atoms with Crippen molar-refractivity contribution < 1.29 is 23.0 Å². The summed E-state index contributed by atoms with van der Waals surface area (Å²) < 4.78 is 45.7. The molecule has 4 aromatic rings. The fourth-order valence-electron chi connectivity index (χ4n) is 3.37. The first kappa shape index (κ1) is 20.7. The van der Waals surface area contributed by atoms with Crippen molar-refractivity contribution in [3.8, 4) is 28.6 Å². The molecule has 0 fully saturated rings. The van der Waals surface area contributed by atoms with Gasteiger partial charge in [0.25, 0.3) is 0 Å². The average molecular weight is 431 g/mol. The quantitative estimate of drug-likeness (QED) is 0.498. The fourth-order valence-corrected chi connectivity index (χ4v) is 3.37. The Morgan fingerprint density at radius 2 is 1.90 bits per heavy atom. The highest BCUT2D eigenvalue weighted by Crippen LogP contribution is 2.34. The van der Waals surface area contributed by atoms with Crippen LogP contribution in [0.5, 0.6) is 11.6 Å². The van der Waals surface area contributed by atoms with E-state index in [1.165, 1.54) is 17.0 Å². The Morgan fingerprint density at radius 3 is 2.61 bits per heavy atom. The number of rotatable bonds is 5. The second-order valence-electron chi connectivity index (χ2n) is 7.49. The summed E-state index contributed by atoms with van der Waals surface area (Å²) in [6.45, 7) is 4.46. The van der Waals surface area contributed by atoms with E-state index in [9.17, 15) is 18.3 Å². The first-order valence-electron chi connectivity index (χ1n) is 9.54. The molecule has 0 aromatic carbocycles. The zero-order valence-corrected chi connectivity index (χ0v) is 17.1. The highest BCUT2D eigenvalue weighted by Gasteiger charge is 2.28. The number of aromatic nitrogens is 5. The van der Waals surface area contributed by atoms with Crippen LogP contribution in [0.4, 0.5) is 13.2 Å². The van der Waals surface area contributed by atoms with E-state index in [0.717, 1.165) is 15.8 Å². The predicted molar refractivity (Wildman–Crippen MR) is 108 cm³/mol. The highest BCUT2D eigenvalue weighted by atomic mass is 19.4. The van der Waals surface area contributed by atoms with Gasteiger partial charge in [-0.15, -0.1) is 0 Å². The van der Waals surface area contributed by atoms with Crippen LogP contribution in [0.15, 0.2) is 43.1 Å². The lowest BCUT2D eigenvalue weighted by Crippen LogP contribution is -2.17. The summed E-state index contributed by atoms with van der Waals surface area (Å²) in [7, 11) is 0. The van der Waals surface area contributed by atoms with Crippen molar-refractivity contribution in [3.63, 3.8) is 0 Å². The molecule has 0 aliphatic heterocycles. The van der Waals surface area contributed by atoms with Crippen LogP contribution in [-0.2, 0) is 6.54 Å². The molecule has 0 bridgehead atoms. The van der Waals surface area contributed by atoms with Crippen molar-refractivity contribution in [2.75, 3.05) is 0 Å². The number of fused-ring (bicyclic) bond motifs is 1. The van der Waals surface area contributed by atoms with E-state index in [4.69, 9.17) is 4.74 Å². The predicted octanol–water partition coefficient (Wildman–Crippen LogP) is 4.65. The molecule has 0 atom stereocenters. The number of pyridine rings is 2. The molecule has 162 valence electrons. The number of aromatic hydroxyl groups is 1. The van der Waals surface area contributed by atoms with Crippen molar-refractivity contribution in [1.82, 2.24) is 24.3 Å². The smallest absolute Gasteiger partial charge is 0.408 e. The minimum atomic E-state index is -4.39. The molecular weight excluding hydrogens is 411 g/mol. The Morgan fingerprint density at radius 1 is 1.13 bits per heavy atom. The van der Waals surface area contributed by atoms with E-state index in [-0.39, 0.29) is 12.0 Å². The minimum Gasteiger partial charge on any atom is -0.494 e. The van der Waals surface area contributed by atoms with E-state index < -0.39 is 12.7 Å². The molecular formula is C21H20F3N5O2. The summed E-state index contributed by atoms with van der Waals surface area (Å²) in [4.78, 5) is 8.82. The van der Waals surface area contributed by atoms with Gasteiger partial charge in [-0.2, -0.15) is 18.3 Å². The Bertz CT molecular complexity index is 1240. The molecule has 0 unspecified atom stereocenters. The van der Waals surface area contributed by atoms with Gasteiger partial charge >= 0.3 is 6.18 Å². The molecule has 4 heterocycles. The molecule has 7 nitrogen and oxygen atoms in total. The number of hydrogen-bond acceptors (Lipinski definition) is 5. The second-order valence-corrected chi connectivity index (χ2v) is 7.49. The molecule has 1 N–H and O–H groups in total. The summed E-state index contributed by atoms with van der Waals surface area (Å²) in [5, 5.41) is 14.9. The molecule has 0 aliphatic carbocycles. The van der Waals surface area contributed by atoms with Crippen molar-refractivity contribution in [2.45, 2.75) is 39.6 Å².